The summed E-state index contributed by atoms with van der Waals surface area (Å²) in [5.74, 6) is -0.303. The van der Waals surface area contributed by atoms with Gasteiger partial charge in [0, 0.05) is 5.56 Å². The molecule has 0 bridgehead atoms. The van der Waals surface area contributed by atoms with Crippen molar-refractivity contribution in [2.45, 2.75) is 13.8 Å². The van der Waals surface area contributed by atoms with E-state index in [1.807, 2.05) is 0 Å². The van der Waals surface area contributed by atoms with Gasteiger partial charge in [0.2, 0.25) is 0 Å². The lowest BCUT2D eigenvalue weighted by molar-refractivity contribution is 0.462. The Labute approximate surface area is 59.1 Å². The van der Waals surface area contributed by atoms with E-state index in [1.54, 1.807) is 19.9 Å². The molecule has 2 heteroatoms. The lowest BCUT2D eigenvalue weighted by Gasteiger charge is -2.01. The normalized spacial score (nSPS) is 9.90. The number of phenolic OH excluding ortho intramolecular Hbond substituents is 1. The van der Waals surface area contributed by atoms with E-state index in [0.29, 0.717) is 11.1 Å². The molecule has 0 aliphatic rings. The molecule has 0 aromatic heterocycles. The first kappa shape index (κ1) is 7.06. The highest BCUT2D eigenvalue weighted by Crippen LogP contribution is 2.20. The van der Waals surface area contributed by atoms with Crippen LogP contribution in [0.1, 0.15) is 11.1 Å². The zero-order valence-corrected chi connectivity index (χ0v) is 5.98. The summed E-state index contributed by atoms with van der Waals surface area (Å²) in [6.45, 7) is 3.22. The molecule has 0 spiro atoms. The first-order valence-electron chi connectivity index (χ1n) is 3.07. The first-order chi connectivity index (χ1) is 4.63. The fourth-order valence-corrected chi connectivity index (χ4v) is 0.810. The van der Waals surface area contributed by atoms with Gasteiger partial charge in [-0.15, -0.1) is 0 Å². The van der Waals surface area contributed by atoms with Gasteiger partial charge in [-0.25, -0.2) is 4.39 Å². The van der Waals surface area contributed by atoms with Crippen LogP contribution in [0.3, 0.4) is 0 Å². The quantitative estimate of drug-likeness (QED) is 0.585. The monoisotopic (exact) mass is 140 g/mol. The Kier molecular flexibility index (Phi) is 1.62. The number of aryl methyl sites for hydroxylation is 1. The van der Waals surface area contributed by atoms with Gasteiger partial charge in [-0.1, -0.05) is 6.07 Å². The third-order valence-corrected chi connectivity index (χ3v) is 1.55. The molecule has 0 aliphatic carbocycles. The van der Waals surface area contributed by atoms with Crippen LogP contribution in [0, 0.1) is 19.7 Å². The molecule has 0 unspecified atom stereocenters. The van der Waals surface area contributed by atoms with Crippen LogP contribution in [0.15, 0.2) is 12.1 Å². The Balaban J connectivity index is 3.34. The summed E-state index contributed by atoms with van der Waals surface area (Å²) in [6.07, 6.45) is 0. The molecule has 1 nitrogen and oxygen atoms in total. The fourth-order valence-electron chi connectivity index (χ4n) is 0.810. The number of aromatic hydroxyl groups is 1. The molecule has 0 radical (unpaired) electrons. The molecule has 0 saturated heterocycles. The van der Waals surface area contributed by atoms with Gasteiger partial charge in [0.25, 0.3) is 0 Å². The molecular weight excluding hydrogens is 131 g/mol. The van der Waals surface area contributed by atoms with Crippen LogP contribution in [0.4, 0.5) is 4.39 Å². The Morgan fingerprint density at radius 3 is 2.40 bits per heavy atom. The van der Waals surface area contributed by atoms with Gasteiger partial charge in [0.1, 0.15) is 11.6 Å². The molecule has 54 valence electrons. The predicted molar refractivity (Wildman–Crippen MR) is 37.5 cm³/mol. The number of rotatable bonds is 0. The maximum absolute atomic E-state index is 12.8. The summed E-state index contributed by atoms with van der Waals surface area (Å²) < 4.78 is 12.8. The van der Waals surface area contributed by atoms with Gasteiger partial charge < -0.3 is 5.11 Å². The molecule has 0 heterocycles. The number of hydrogen-bond donors (Lipinski definition) is 1. The molecule has 1 aromatic carbocycles. The maximum atomic E-state index is 12.8. The summed E-state index contributed by atoms with van der Waals surface area (Å²) in [6, 6.07) is 3.05. The van der Waals surface area contributed by atoms with Crippen molar-refractivity contribution in [3.63, 3.8) is 0 Å². The van der Waals surface area contributed by atoms with Crippen molar-refractivity contribution in [2.75, 3.05) is 0 Å². The lowest BCUT2D eigenvalue weighted by atomic mass is 10.1. The van der Waals surface area contributed by atoms with Crippen molar-refractivity contribution in [3.05, 3.63) is 29.1 Å². The minimum atomic E-state index is -0.319. The fraction of sp³-hybridized carbons (Fsp3) is 0.250. The Morgan fingerprint density at radius 1 is 1.30 bits per heavy atom. The van der Waals surface area contributed by atoms with Crippen molar-refractivity contribution in [1.82, 2.24) is 0 Å². The van der Waals surface area contributed by atoms with E-state index in [9.17, 15) is 4.39 Å². The lowest BCUT2D eigenvalue weighted by Crippen LogP contribution is -1.86. The molecule has 0 fully saturated rings. The maximum Gasteiger partial charge on any atom is 0.132 e. The third-order valence-electron chi connectivity index (χ3n) is 1.55. The number of hydrogen-bond acceptors (Lipinski definition) is 1. The van der Waals surface area contributed by atoms with Crippen LogP contribution in [0.2, 0.25) is 0 Å². The number of benzene rings is 1. The summed E-state index contributed by atoms with van der Waals surface area (Å²) in [7, 11) is 0. The van der Waals surface area contributed by atoms with Crippen LogP contribution in [0.5, 0.6) is 5.75 Å². The minimum Gasteiger partial charge on any atom is -0.508 e. The number of halogens is 1. The Bertz CT molecular complexity index is 229. The first-order valence-corrected chi connectivity index (χ1v) is 3.07. The molecule has 0 atom stereocenters. The van der Waals surface area contributed by atoms with E-state index in [1.165, 1.54) is 6.07 Å². The summed E-state index contributed by atoms with van der Waals surface area (Å²) in [4.78, 5) is 0. The van der Waals surface area contributed by atoms with Gasteiger partial charge in [0.15, 0.2) is 0 Å². The van der Waals surface area contributed by atoms with Crippen molar-refractivity contribution in [2.24, 2.45) is 0 Å². The van der Waals surface area contributed by atoms with Crippen LogP contribution >= 0.6 is 0 Å². The van der Waals surface area contributed by atoms with Crippen molar-refractivity contribution >= 4 is 0 Å². The van der Waals surface area contributed by atoms with Crippen LogP contribution in [0.25, 0.3) is 0 Å². The second kappa shape index (κ2) is 2.29. The van der Waals surface area contributed by atoms with E-state index >= 15 is 0 Å². The highest BCUT2D eigenvalue weighted by molar-refractivity contribution is 5.35. The molecule has 0 saturated carbocycles. The third kappa shape index (κ3) is 0.967. The minimum absolute atomic E-state index is 0.0168. The molecule has 1 N–H and O–H groups in total. The van der Waals surface area contributed by atoms with E-state index < -0.39 is 0 Å². The number of phenols is 1. The van der Waals surface area contributed by atoms with E-state index in [4.69, 9.17) is 5.11 Å². The van der Waals surface area contributed by atoms with Gasteiger partial charge in [-0.3, -0.25) is 0 Å². The average molecular weight is 140 g/mol. The summed E-state index contributed by atoms with van der Waals surface area (Å²) in [5.41, 5.74) is 0.885. The molecule has 0 amide bonds. The molecular formula is C8H9FO. The Hall–Kier alpha value is -1.05. The summed E-state index contributed by atoms with van der Waals surface area (Å²) in [5, 5.41) is 8.98. The van der Waals surface area contributed by atoms with Crippen LogP contribution < -0.4 is 0 Å². The summed E-state index contributed by atoms with van der Waals surface area (Å²) >= 11 is 0. The zero-order valence-electron chi connectivity index (χ0n) is 5.98. The van der Waals surface area contributed by atoms with Crippen LogP contribution in [-0.2, 0) is 0 Å². The molecule has 1 rings (SSSR count). The molecule has 1 aromatic rings. The van der Waals surface area contributed by atoms with Gasteiger partial charge in [-0.05, 0) is 25.5 Å². The second-order valence-corrected chi connectivity index (χ2v) is 2.34. The molecule has 0 aliphatic heterocycles. The predicted octanol–water partition coefficient (Wildman–Crippen LogP) is 2.15. The topological polar surface area (TPSA) is 20.2 Å². The van der Waals surface area contributed by atoms with Gasteiger partial charge in [0.05, 0.1) is 0 Å². The van der Waals surface area contributed by atoms with Gasteiger partial charge in [-0.2, -0.15) is 0 Å². The van der Waals surface area contributed by atoms with E-state index in [2.05, 4.69) is 0 Å². The smallest absolute Gasteiger partial charge is 0.132 e. The highest BCUT2D eigenvalue weighted by Gasteiger charge is 2.03. The highest BCUT2D eigenvalue weighted by atomic mass is 19.1. The van der Waals surface area contributed by atoms with Crippen LogP contribution in [-0.4, -0.2) is 5.11 Å². The Morgan fingerprint density at radius 2 is 1.90 bits per heavy atom. The van der Waals surface area contributed by atoms with Crippen molar-refractivity contribution in [3.8, 4) is 5.75 Å². The molecule has 10 heavy (non-hydrogen) atoms. The van der Waals surface area contributed by atoms with E-state index in [-0.39, 0.29) is 11.6 Å². The largest absolute Gasteiger partial charge is 0.508 e. The van der Waals surface area contributed by atoms with Crippen molar-refractivity contribution in [1.29, 1.82) is 0 Å². The van der Waals surface area contributed by atoms with Crippen molar-refractivity contribution < 1.29 is 9.50 Å². The standard InChI is InChI=1S/C8H9FO/c1-5-3-4-7(10)6(2)8(5)9/h3-4,10H,1-2H3. The van der Waals surface area contributed by atoms with Gasteiger partial charge >= 0.3 is 0 Å². The van der Waals surface area contributed by atoms with E-state index in [0.717, 1.165) is 0 Å². The zero-order chi connectivity index (χ0) is 7.72. The average Bonchev–Trinajstić information content (AvgIpc) is 1.93. The second-order valence-electron chi connectivity index (χ2n) is 2.34. The SMILES string of the molecule is Cc1ccc(O)c(C)c1F.